The van der Waals surface area contributed by atoms with E-state index in [4.69, 9.17) is 11.6 Å². The Morgan fingerprint density at radius 3 is 2.62 bits per heavy atom. The molecule has 1 aliphatic rings. The molecule has 1 fully saturated rings. The summed E-state index contributed by atoms with van der Waals surface area (Å²) in [6.45, 7) is 1.48. The molecule has 0 saturated heterocycles. The minimum atomic E-state index is -1.84. The number of benzene rings is 1. The van der Waals surface area contributed by atoms with Crippen LogP contribution in [0, 0.1) is 0 Å². The van der Waals surface area contributed by atoms with Crippen molar-refractivity contribution in [3.63, 3.8) is 0 Å². The van der Waals surface area contributed by atoms with Crippen LogP contribution in [0.25, 0.3) is 10.9 Å². The van der Waals surface area contributed by atoms with Crippen LogP contribution in [0.1, 0.15) is 44.3 Å². The number of H-pyrrole nitrogens is 1. The van der Waals surface area contributed by atoms with Gasteiger partial charge in [-0.1, -0.05) is 11.6 Å². The van der Waals surface area contributed by atoms with Gasteiger partial charge in [0.2, 0.25) is 0 Å². The zero-order valence-corrected chi connectivity index (χ0v) is 12.4. The third-order valence-electron chi connectivity index (χ3n) is 4.45. The second kappa shape index (κ2) is 4.92. The summed E-state index contributed by atoms with van der Waals surface area (Å²) in [6.07, 6.45) is 0.407. The predicted molar refractivity (Wildman–Crippen MR) is 77.9 cm³/mol. The number of nitrogens with one attached hydrogen (secondary N) is 1. The van der Waals surface area contributed by atoms with E-state index in [1.165, 1.54) is 13.0 Å². The average molecular weight is 315 g/mol. The highest BCUT2D eigenvalue weighted by Gasteiger charge is 2.46. The Morgan fingerprint density at radius 2 is 1.95 bits per heavy atom. The molecule has 3 nitrogen and oxygen atoms in total. The first-order chi connectivity index (χ1) is 9.81. The van der Waals surface area contributed by atoms with Crippen LogP contribution in [0.5, 0.6) is 0 Å². The number of halogens is 3. The lowest BCUT2D eigenvalue weighted by Crippen LogP contribution is -2.40. The third-order valence-corrected chi connectivity index (χ3v) is 4.67. The zero-order valence-electron chi connectivity index (χ0n) is 11.7. The largest absolute Gasteiger partial charge is 0.385 e. The lowest BCUT2D eigenvalue weighted by molar-refractivity contribution is -0.0644. The van der Waals surface area contributed by atoms with Crippen molar-refractivity contribution in [2.45, 2.75) is 50.0 Å². The summed E-state index contributed by atoms with van der Waals surface area (Å²) in [5.41, 5.74) is -2.25. The van der Waals surface area contributed by atoms with Gasteiger partial charge in [0.25, 0.3) is 0 Å². The summed E-state index contributed by atoms with van der Waals surface area (Å²) in [5.74, 6) is 0. The van der Waals surface area contributed by atoms with Crippen LogP contribution >= 0.6 is 11.6 Å². The Kier molecular flexibility index (Phi) is 3.45. The summed E-state index contributed by atoms with van der Waals surface area (Å²) in [4.78, 5) is 0. The number of hydrogen-bond donors (Lipinski definition) is 2. The molecule has 0 spiro atoms. The molecule has 0 bridgehead atoms. The number of rotatable bonds is 2. The van der Waals surface area contributed by atoms with E-state index in [1.807, 2.05) is 0 Å². The Labute approximate surface area is 126 Å². The van der Waals surface area contributed by atoms with Gasteiger partial charge in [-0.15, -0.1) is 0 Å². The number of alkyl halides is 2. The van der Waals surface area contributed by atoms with Crippen LogP contribution < -0.4 is 0 Å². The van der Waals surface area contributed by atoms with E-state index in [9.17, 15) is 9.50 Å². The topological polar surface area (TPSA) is 48.9 Å². The maximum absolute atomic E-state index is 15.1. The van der Waals surface area contributed by atoms with E-state index in [1.54, 1.807) is 12.3 Å². The minimum absolute atomic E-state index is 0.0106. The molecule has 1 saturated carbocycles. The maximum atomic E-state index is 15.1. The fraction of sp³-hybridized carbons (Fsp3) is 0.533. The Bertz CT molecular complexity index is 661. The van der Waals surface area contributed by atoms with E-state index in [2.05, 4.69) is 10.2 Å². The first-order valence-electron chi connectivity index (χ1n) is 6.99. The zero-order chi connectivity index (χ0) is 15.3. The molecule has 114 valence electrons. The van der Waals surface area contributed by atoms with Gasteiger partial charge < -0.3 is 5.11 Å². The molecular formula is C15H17ClF2N2O. The van der Waals surface area contributed by atoms with Crippen LogP contribution in [0.4, 0.5) is 8.78 Å². The quantitative estimate of drug-likeness (QED) is 0.870. The van der Waals surface area contributed by atoms with Gasteiger partial charge in [0.1, 0.15) is 17.4 Å². The summed E-state index contributed by atoms with van der Waals surface area (Å²) < 4.78 is 28.9. The molecule has 1 heterocycles. The molecule has 1 aliphatic carbocycles. The number of hydrogen-bond acceptors (Lipinski definition) is 2. The van der Waals surface area contributed by atoms with Gasteiger partial charge in [0.15, 0.2) is 0 Å². The van der Waals surface area contributed by atoms with Crippen molar-refractivity contribution in [3.8, 4) is 0 Å². The third kappa shape index (κ3) is 2.64. The molecule has 21 heavy (non-hydrogen) atoms. The van der Waals surface area contributed by atoms with Crippen LogP contribution in [0.15, 0.2) is 18.3 Å². The van der Waals surface area contributed by atoms with E-state index in [0.717, 1.165) is 0 Å². The molecule has 0 aliphatic heterocycles. The number of nitrogens with zero attached hydrogens (tertiary/aromatic N) is 1. The summed E-state index contributed by atoms with van der Waals surface area (Å²) in [7, 11) is 0. The first kappa shape index (κ1) is 14.7. The Hall–Kier alpha value is -1.20. The van der Waals surface area contributed by atoms with Gasteiger partial charge in [-0.3, -0.25) is 5.10 Å². The van der Waals surface area contributed by atoms with Crippen LogP contribution in [-0.4, -0.2) is 26.6 Å². The molecule has 1 unspecified atom stereocenters. The van der Waals surface area contributed by atoms with E-state index >= 15 is 4.39 Å². The van der Waals surface area contributed by atoms with Crippen molar-refractivity contribution in [2.75, 3.05) is 0 Å². The molecule has 2 aromatic rings. The molecule has 6 heteroatoms. The van der Waals surface area contributed by atoms with Gasteiger partial charge in [-0.2, -0.15) is 5.10 Å². The lowest BCUT2D eigenvalue weighted by atomic mass is 9.74. The fourth-order valence-electron chi connectivity index (χ4n) is 3.00. The summed E-state index contributed by atoms with van der Waals surface area (Å²) in [5, 5.41) is 18.3. The summed E-state index contributed by atoms with van der Waals surface area (Å²) >= 11 is 6.02. The second-order valence-electron chi connectivity index (χ2n) is 6.18. The highest BCUT2D eigenvalue weighted by Crippen LogP contribution is 2.47. The molecular weight excluding hydrogens is 298 g/mol. The highest BCUT2D eigenvalue weighted by atomic mass is 35.5. The normalized spacial score (nSPS) is 31.5. The minimum Gasteiger partial charge on any atom is -0.385 e. The van der Waals surface area contributed by atoms with E-state index < -0.39 is 17.4 Å². The monoisotopic (exact) mass is 314 g/mol. The Morgan fingerprint density at radius 1 is 1.29 bits per heavy atom. The Balaban J connectivity index is 1.97. The number of fused-ring (bicyclic) bond motifs is 1. The molecule has 0 radical (unpaired) electrons. The van der Waals surface area contributed by atoms with Crippen molar-refractivity contribution < 1.29 is 13.9 Å². The SMILES string of the molecule is CC1(F)CCC(F)(C(O)c2cc(Cl)cc3cn[nH]c23)CC1. The number of aliphatic hydroxyl groups excluding tert-OH is 1. The van der Waals surface area contributed by atoms with Crippen LogP contribution in [0.2, 0.25) is 5.02 Å². The summed E-state index contributed by atoms with van der Waals surface area (Å²) in [6, 6.07) is 3.23. The molecule has 1 aromatic carbocycles. The standard InChI is InChI=1S/C15H17ClF2N2O/c1-14(17)2-4-15(18,5-3-14)13(21)11-7-10(16)6-9-8-19-20-12(9)11/h6-8,13,21H,2-5H2,1H3,(H,19,20). The number of aromatic amines is 1. The van der Waals surface area contributed by atoms with Crippen molar-refractivity contribution >= 4 is 22.5 Å². The molecule has 2 N–H and O–H groups in total. The van der Waals surface area contributed by atoms with Crippen LogP contribution in [-0.2, 0) is 0 Å². The smallest absolute Gasteiger partial charge is 0.141 e. The van der Waals surface area contributed by atoms with Crippen molar-refractivity contribution in [1.29, 1.82) is 0 Å². The average Bonchev–Trinajstić information content (AvgIpc) is 2.89. The maximum Gasteiger partial charge on any atom is 0.141 e. The first-order valence-corrected chi connectivity index (χ1v) is 7.37. The van der Waals surface area contributed by atoms with Gasteiger partial charge in [0.05, 0.1) is 11.7 Å². The van der Waals surface area contributed by atoms with E-state index in [-0.39, 0.29) is 25.7 Å². The van der Waals surface area contributed by atoms with Gasteiger partial charge in [-0.25, -0.2) is 8.78 Å². The van der Waals surface area contributed by atoms with Gasteiger partial charge in [-0.05, 0) is 44.7 Å². The van der Waals surface area contributed by atoms with E-state index in [0.29, 0.717) is 21.5 Å². The number of aromatic nitrogens is 2. The highest BCUT2D eigenvalue weighted by molar-refractivity contribution is 6.31. The van der Waals surface area contributed by atoms with Crippen molar-refractivity contribution in [1.82, 2.24) is 10.2 Å². The lowest BCUT2D eigenvalue weighted by Gasteiger charge is -2.39. The second-order valence-corrected chi connectivity index (χ2v) is 6.62. The number of aliphatic hydroxyl groups is 1. The van der Waals surface area contributed by atoms with Crippen molar-refractivity contribution in [3.05, 3.63) is 28.9 Å². The molecule has 0 amide bonds. The van der Waals surface area contributed by atoms with Gasteiger partial charge >= 0.3 is 0 Å². The fourth-order valence-corrected chi connectivity index (χ4v) is 3.24. The predicted octanol–water partition coefficient (Wildman–Crippen LogP) is 4.26. The van der Waals surface area contributed by atoms with Crippen LogP contribution in [0.3, 0.4) is 0 Å². The molecule has 1 atom stereocenters. The van der Waals surface area contributed by atoms with Crippen molar-refractivity contribution in [2.24, 2.45) is 0 Å². The molecule has 3 rings (SSSR count). The van der Waals surface area contributed by atoms with Gasteiger partial charge in [0, 0.05) is 16.0 Å². The molecule has 1 aromatic heterocycles.